The molecule has 30 heavy (non-hydrogen) atoms. The quantitative estimate of drug-likeness (QED) is 0.704. The van der Waals surface area contributed by atoms with E-state index < -0.39 is 33.8 Å². The second kappa shape index (κ2) is 7.69. The fourth-order valence-corrected chi connectivity index (χ4v) is 5.01. The van der Waals surface area contributed by atoms with Crippen LogP contribution in [0.5, 0.6) is 0 Å². The van der Waals surface area contributed by atoms with Crippen molar-refractivity contribution in [3.05, 3.63) is 29.3 Å². The molecule has 3 heterocycles. The van der Waals surface area contributed by atoms with Crippen LogP contribution in [-0.2, 0) is 28.0 Å². The lowest BCUT2D eigenvalue weighted by Crippen LogP contribution is -2.52. The Labute approximate surface area is 172 Å². The number of amides is 1. The summed E-state index contributed by atoms with van der Waals surface area (Å²) in [5.74, 6) is -0.412. The minimum absolute atomic E-state index is 0.0843. The van der Waals surface area contributed by atoms with Gasteiger partial charge < -0.3 is 4.90 Å². The van der Waals surface area contributed by atoms with Gasteiger partial charge in [-0.25, -0.2) is 8.42 Å². The third-order valence-corrected chi connectivity index (χ3v) is 7.30. The standard InChI is InChI=1S/C17H23F3N6O3S/c1-11-9-15(17(18,19)20)22-26(11)13(3)16(27)24-5-7-25(8-6-24)30(28,29)14-10-21-23(4)12(14)2/h9-10,13H,5-8H2,1-4H3. The van der Waals surface area contributed by atoms with Gasteiger partial charge in [-0.3, -0.25) is 14.2 Å². The van der Waals surface area contributed by atoms with Crippen molar-refractivity contribution in [1.29, 1.82) is 0 Å². The van der Waals surface area contributed by atoms with Gasteiger partial charge in [-0.05, 0) is 26.8 Å². The minimum Gasteiger partial charge on any atom is -0.338 e. The van der Waals surface area contributed by atoms with Gasteiger partial charge in [-0.15, -0.1) is 0 Å². The third kappa shape index (κ3) is 3.95. The molecule has 1 fully saturated rings. The largest absolute Gasteiger partial charge is 0.435 e. The number of halogens is 3. The molecule has 0 radical (unpaired) electrons. The fraction of sp³-hybridized carbons (Fsp3) is 0.588. The van der Waals surface area contributed by atoms with Crippen LogP contribution in [0, 0.1) is 13.8 Å². The van der Waals surface area contributed by atoms with Gasteiger partial charge in [0.2, 0.25) is 15.9 Å². The monoisotopic (exact) mass is 448 g/mol. The fourth-order valence-electron chi connectivity index (χ4n) is 3.41. The van der Waals surface area contributed by atoms with Crippen molar-refractivity contribution in [2.24, 2.45) is 7.05 Å². The maximum atomic E-state index is 12.9. The first-order valence-electron chi connectivity index (χ1n) is 9.25. The van der Waals surface area contributed by atoms with Gasteiger partial charge in [0.15, 0.2) is 5.69 Å². The Bertz CT molecular complexity index is 1050. The second-order valence-electron chi connectivity index (χ2n) is 7.24. The van der Waals surface area contributed by atoms with Crippen LogP contribution >= 0.6 is 0 Å². The number of carbonyl (C=O) groups is 1. The molecule has 9 nitrogen and oxygen atoms in total. The predicted octanol–water partition coefficient (Wildman–Crippen LogP) is 1.35. The summed E-state index contributed by atoms with van der Waals surface area (Å²) in [6.45, 7) is 5.02. The second-order valence-corrected chi connectivity index (χ2v) is 9.14. The highest BCUT2D eigenvalue weighted by molar-refractivity contribution is 7.89. The number of hydrogen-bond acceptors (Lipinski definition) is 5. The van der Waals surface area contributed by atoms with E-state index in [1.54, 1.807) is 14.0 Å². The van der Waals surface area contributed by atoms with Gasteiger partial charge in [-0.1, -0.05) is 0 Å². The molecule has 2 aromatic heterocycles. The molecule has 1 amide bonds. The van der Waals surface area contributed by atoms with E-state index in [2.05, 4.69) is 10.2 Å². The van der Waals surface area contributed by atoms with E-state index in [1.165, 1.54) is 33.9 Å². The molecular formula is C17H23F3N6O3S. The Balaban J connectivity index is 1.70. The third-order valence-electron chi connectivity index (χ3n) is 5.30. The van der Waals surface area contributed by atoms with Crippen molar-refractivity contribution < 1.29 is 26.4 Å². The number of piperazine rings is 1. The molecule has 0 N–H and O–H groups in total. The molecule has 1 aliphatic rings. The van der Waals surface area contributed by atoms with Crippen molar-refractivity contribution >= 4 is 15.9 Å². The maximum absolute atomic E-state index is 12.9. The summed E-state index contributed by atoms with van der Waals surface area (Å²) >= 11 is 0. The molecule has 0 aliphatic carbocycles. The molecule has 0 bridgehead atoms. The minimum atomic E-state index is -4.59. The lowest BCUT2D eigenvalue weighted by molar-refractivity contribution is -0.142. The summed E-state index contributed by atoms with van der Waals surface area (Å²) < 4.78 is 68.1. The van der Waals surface area contributed by atoms with Crippen molar-refractivity contribution in [1.82, 2.24) is 28.8 Å². The van der Waals surface area contributed by atoms with Crippen molar-refractivity contribution in [3.8, 4) is 0 Å². The average molecular weight is 448 g/mol. The zero-order chi connectivity index (χ0) is 22.4. The van der Waals surface area contributed by atoms with Crippen LogP contribution in [0.3, 0.4) is 0 Å². The predicted molar refractivity (Wildman–Crippen MR) is 100.0 cm³/mol. The summed E-state index contributed by atoms with van der Waals surface area (Å²) in [5, 5.41) is 7.49. The summed E-state index contributed by atoms with van der Waals surface area (Å²) in [5.41, 5.74) is -0.324. The van der Waals surface area contributed by atoms with Gasteiger partial charge in [0.05, 0.1) is 11.9 Å². The number of rotatable bonds is 4. The van der Waals surface area contributed by atoms with Gasteiger partial charge in [-0.2, -0.15) is 27.7 Å². The van der Waals surface area contributed by atoms with E-state index in [4.69, 9.17) is 0 Å². The molecule has 0 spiro atoms. The molecule has 3 rings (SSSR count). The molecule has 2 aromatic rings. The van der Waals surface area contributed by atoms with E-state index in [0.717, 1.165) is 10.7 Å². The lowest BCUT2D eigenvalue weighted by Gasteiger charge is -2.35. The summed E-state index contributed by atoms with van der Waals surface area (Å²) in [6.07, 6.45) is -3.30. The van der Waals surface area contributed by atoms with Crippen LogP contribution in [0.25, 0.3) is 0 Å². The van der Waals surface area contributed by atoms with Gasteiger partial charge in [0, 0.05) is 38.9 Å². The molecule has 1 saturated heterocycles. The van der Waals surface area contributed by atoms with Gasteiger partial charge >= 0.3 is 6.18 Å². The smallest absolute Gasteiger partial charge is 0.338 e. The van der Waals surface area contributed by atoms with Crippen LogP contribution in [0.2, 0.25) is 0 Å². The van der Waals surface area contributed by atoms with Gasteiger partial charge in [0.1, 0.15) is 10.9 Å². The van der Waals surface area contributed by atoms with Crippen LogP contribution in [0.15, 0.2) is 17.2 Å². The Hall–Kier alpha value is -2.41. The lowest BCUT2D eigenvalue weighted by atomic mass is 10.2. The Kier molecular flexibility index (Phi) is 5.71. The molecular weight excluding hydrogens is 425 g/mol. The van der Waals surface area contributed by atoms with E-state index >= 15 is 0 Å². The summed E-state index contributed by atoms with van der Waals surface area (Å²) in [7, 11) is -2.10. The Morgan fingerprint density at radius 3 is 2.23 bits per heavy atom. The zero-order valence-electron chi connectivity index (χ0n) is 17.0. The highest BCUT2D eigenvalue weighted by Gasteiger charge is 2.37. The van der Waals surface area contributed by atoms with Crippen molar-refractivity contribution in [2.75, 3.05) is 26.2 Å². The van der Waals surface area contributed by atoms with Crippen LogP contribution < -0.4 is 0 Å². The van der Waals surface area contributed by atoms with E-state index in [1.807, 2.05) is 0 Å². The first-order valence-corrected chi connectivity index (χ1v) is 10.7. The number of hydrogen-bond donors (Lipinski definition) is 0. The average Bonchev–Trinajstić information content (AvgIpc) is 3.23. The normalized spacial score (nSPS) is 17.4. The van der Waals surface area contributed by atoms with Crippen molar-refractivity contribution in [3.63, 3.8) is 0 Å². The molecule has 1 aliphatic heterocycles. The number of aromatic nitrogens is 4. The maximum Gasteiger partial charge on any atom is 0.435 e. The first kappa shape index (κ1) is 22.3. The van der Waals surface area contributed by atoms with Crippen LogP contribution in [0.1, 0.15) is 30.0 Å². The Morgan fingerprint density at radius 1 is 1.17 bits per heavy atom. The molecule has 0 saturated carbocycles. The highest BCUT2D eigenvalue weighted by Crippen LogP contribution is 2.29. The van der Waals surface area contributed by atoms with Crippen molar-refractivity contribution in [2.45, 2.75) is 37.9 Å². The number of carbonyl (C=O) groups excluding carboxylic acids is 1. The summed E-state index contributed by atoms with van der Waals surface area (Å²) in [6, 6.07) is -0.0466. The highest BCUT2D eigenvalue weighted by atomic mass is 32.2. The molecule has 1 atom stereocenters. The molecule has 166 valence electrons. The zero-order valence-corrected chi connectivity index (χ0v) is 17.8. The van der Waals surface area contributed by atoms with E-state index in [9.17, 15) is 26.4 Å². The topological polar surface area (TPSA) is 93.3 Å². The van der Waals surface area contributed by atoms with Crippen LogP contribution in [0.4, 0.5) is 13.2 Å². The molecule has 0 aromatic carbocycles. The molecule has 1 unspecified atom stereocenters. The Morgan fingerprint density at radius 2 is 1.77 bits per heavy atom. The van der Waals surface area contributed by atoms with E-state index in [-0.39, 0.29) is 36.8 Å². The molecule has 13 heteroatoms. The number of alkyl halides is 3. The van der Waals surface area contributed by atoms with Crippen LogP contribution in [-0.4, -0.2) is 69.3 Å². The number of sulfonamides is 1. The number of aryl methyl sites for hydroxylation is 2. The summed E-state index contributed by atoms with van der Waals surface area (Å²) in [4.78, 5) is 14.4. The first-order chi connectivity index (χ1) is 13.8. The van der Waals surface area contributed by atoms with Gasteiger partial charge in [0.25, 0.3) is 0 Å². The SMILES string of the molecule is Cc1c(S(=O)(=O)N2CCN(C(=O)C(C)n3nc(C(F)(F)F)cc3C)CC2)cnn1C. The van der Waals surface area contributed by atoms with E-state index in [0.29, 0.717) is 5.69 Å². The number of nitrogens with zero attached hydrogens (tertiary/aromatic N) is 6.